The lowest BCUT2D eigenvalue weighted by molar-refractivity contribution is -0.129. The number of esters is 3. The summed E-state index contributed by atoms with van der Waals surface area (Å²) in [6.07, 6.45) is -6.31. The first kappa shape index (κ1) is 23.1. The van der Waals surface area contributed by atoms with Gasteiger partial charge in [0, 0.05) is 0 Å². The van der Waals surface area contributed by atoms with Crippen molar-refractivity contribution in [3.8, 4) is 0 Å². The van der Waals surface area contributed by atoms with Crippen LogP contribution in [0.4, 0.5) is 4.39 Å². The number of hydrogen-bond acceptors (Lipinski definition) is 7. The van der Waals surface area contributed by atoms with Gasteiger partial charge in [0.25, 0.3) is 0 Å². The van der Waals surface area contributed by atoms with E-state index in [0.29, 0.717) is 5.56 Å². The first-order valence-corrected chi connectivity index (χ1v) is 10.6. The predicted molar refractivity (Wildman–Crippen MR) is 118 cm³/mol. The molecule has 0 radical (unpaired) electrons. The molecule has 1 fully saturated rings. The summed E-state index contributed by atoms with van der Waals surface area (Å²) >= 11 is 0. The van der Waals surface area contributed by atoms with Crippen molar-refractivity contribution in [2.24, 2.45) is 0 Å². The van der Waals surface area contributed by atoms with E-state index in [4.69, 9.17) is 18.9 Å². The van der Waals surface area contributed by atoms with Gasteiger partial charge in [0.2, 0.25) is 12.5 Å². The molecule has 1 aliphatic heterocycles. The standard InChI is InChI=1S/C26H21FO7/c27-21-22(33-24(29)18-12-6-2-7-13-18)20(16-31-23(28)17-10-4-1-5-11-17)32-26(21)34-25(30)19-14-8-3-9-15-19/h1-15,20-22,26H,16H2/t20-,21-,22?,26-/m0/s1. The van der Waals surface area contributed by atoms with Crippen LogP contribution in [0.2, 0.25) is 0 Å². The van der Waals surface area contributed by atoms with E-state index in [0.717, 1.165) is 0 Å². The number of carbonyl (C=O) groups is 3. The maximum atomic E-state index is 15.3. The van der Waals surface area contributed by atoms with E-state index < -0.39 is 49.2 Å². The number of hydrogen-bond donors (Lipinski definition) is 0. The van der Waals surface area contributed by atoms with Crippen molar-refractivity contribution in [1.82, 2.24) is 0 Å². The van der Waals surface area contributed by atoms with Crippen molar-refractivity contribution in [3.63, 3.8) is 0 Å². The molecule has 0 aromatic heterocycles. The van der Waals surface area contributed by atoms with Gasteiger partial charge >= 0.3 is 17.9 Å². The van der Waals surface area contributed by atoms with Gasteiger partial charge in [0.1, 0.15) is 12.7 Å². The van der Waals surface area contributed by atoms with Gasteiger partial charge < -0.3 is 18.9 Å². The van der Waals surface area contributed by atoms with Crippen molar-refractivity contribution >= 4 is 17.9 Å². The summed E-state index contributed by atoms with van der Waals surface area (Å²) < 4.78 is 36.6. The van der Waals surface area contributed by atoms with Gasteiger partial charge in [0.05, 0.1) is 16.7 Å². The van der Waals surface area contributed by atoms with E-state index in [9.17, 15) is 14.4 Å². The van der Waals surface area contributed by atoms with Gasteiger partial charge in [-0.2, -0.15) is 0 Å². The smallest absolute Gasteiger partial charge is 0.340 e. The molecule has 1 aliphatic rings. The van der Waals surface area contributed by atoms with E-state index in [1.165, 1.54) is 24.3 Å². The lowest BCUT2D eigenvalue weighted by atomic mass is 10.1. The number of ether oxygens (including phenoxy) is 4. The van der Waals surface area contributed by atoms with Crippen LogP contribution in [0.3, 0.4) is 0 Å². The first-order valence-electron chi connectivity index (χ1n) is 10.6. The highest BCUT2D eigenvalue weighted by Crippen LogP contribution is 2.29. The zero-order valence-corrected chi connectivity index (χ0v) is 17.9. The largest absolute Gasteiger partial charge is 0.459 e. The molecule has 1 saturated heterocycles. The van der Waals surface area contributed by atoms with Crippen molar-refractivity contribution in [1.29, 1.82) is 0 Å². The van der Waals surface area contributed by atoms with E-state index >= 15 is 4.39 Å². The van der Waals surface area contributed by atoms with Crippen LogP contribution < -0.4 is 0 Å². The molecular formula is C26H21FO7. The molecular weight excluding hydrogens is 443 g/mol. The second kappa shape index (κ2) is 10.7. The van der Waals surface area contributed by atoms with E-state index in [1.54, 1.807) is 66.7 Å². The fraction of sp³-hybridized carbons (Fsp3) is 0.192. The Hall–Kier alpha value is -4.04. The Kier molecular flexibility index (Phi) is 7.29. The first-order chi connectivity index (χ1) is 16.5. The minimum Gasteiger partial charge on any atom is -0.459 e. The number of carbonyl (C=O) groups excluding carboxylic acids is 3. The SMILES string of the molecule is O=C(OC[C@@H]1O[C@@H](OC(=O)c2ccccc2)[C@@H](F)C1OC(=O)c1ccccc1)c1ccccc1. The molecule has 0 aliphatic carbocycles. The normalized spacial score (nSPS) is 21.4. The average Bonchev–Trinajstić information content (AvgIpc) is 3.17. The maximum Gasteiger partial charge on any atom is 0.340 e. The zero-order chi connectivity index (χ0) is 23.9. The third kappa shape index (κ3) is 5.47. The van der Waals surface area contributed by atoms with Gasteiger partial charge in [-0.15, -0.1) is 0 Å². The second-order valence-electron chi connectivity index (χ2n) is 7.46. The van der Waals surface area contributed by atoms with Gasteiger partial charge in [0.15, 0.2) is 6.10 Å². The molecule has 174 valence electrons. The summed E-state index contributed by atoms with van der Waals surface area (Å²) in [5.41, 5.74) is 0.705. The molecule has 4 atom stereocenters. The van der Waals surface area contributed by atoms with Crippen LogP contribution in [0.1, 0.15) is 31.1 Å². The molecule has 1 heterocycles. The molecule has 0 saturated carbocycles. The summed E-state index contributed by atoms with van der Waals surface area (Å²) in [4.78, 5) is 37.2. The lowest BCUT2D eigenvalue weighted by Crippen LogP contribution is -2.37. The molecule has 3 aromatic rings. The molecule has 1 unspecified atom stereocenters. The Morgan fingerprint density at radius 2 is 1.12 bits per heavy atom. The average molecular weight is 464 g/mol. The van der Waals surface area contributed by atoms with Gasteiger partial charge in [-0.05, 0) is 36.4 Å². The third-order valence-corrected chi connectivity index (χ3v) is 5.12. The molecule has 0 bridgehead atoms. The van der Waals surface area contributed by atoms with Gasteiger partial charge in [-0.3, -0.25) is 0 Å². The summed E-state index contributed by atoms with van der Waals surface area (Å²) in [5, 5.41) is 0. The predicted octanol–water partition coefficient (Wildman–Crippen LogP) is 3.99. The fourth-order valence-electron chi connectivity index (χ4n) is 3.38. The Bertz CT molecular complexity index is 1120. The third-order valence-electron chi connectivity index (χ3n) is 5.12. The summed E-state index contributed by atoms with van der Waals surface area (Å²) in [7, 11) is 0. The molecule has 4 rings (SSSR count). The molecule has 0 amide bonds. The highest BCUT2D eigenvalue weighted by Gasteiger charge is 2.50. The van der Waals surface area contributed by atoms with Gasteiger partial charge in [-0.1, -0.05) is 54.6 Å². The summed E-state index contributed by atoms with van der Waals surface area (Å²) in [6.45, 7) is -0.416. The zero-order valence-electron chi connectivity index (χ0n) is 17.9. The van der Waals surface area contributed by atoms with Crippen molar-refractivity contribution in [2.45, 2.75) is 24.7 Å². The van der Waals surface area contributed by atoms with Gasteiger partial charge in [-0.25, -0.2) is 18.8 Å². The molecule has 0 N–H and O–H groups in total. The van der Waals surface area contributed by atoms with Crippen molar-refractivity contribution in [2.75, 3.05) is 6.61 Å². The summed E-state index contributed by atoms with van der Waals surface area (Å²) in [6, 6.07) is 24.2. The van der Waals surface area contributed by atoms with E-state index in [-0.39, 0.29) is 11.1 Å². The topological polar surface area (TPSA) is 88.1 Å². The number of benzene rings is 3. The number of alkyl halides is 1. The van der Waals surface area contributed by atoms with Crippen LogP contribution in [0.25, 0.3) is 0 Å². The molecule has 8 heteroatoms. The fourth-order valence-corrected chi connectivity index (χ4v) is 3.38. The Labute approximate surface area is 195 Å². The monoisotopic (exact) mass is 464 g/mol. The van der Waals surface area contributed by atoms with Crippen LogP contribution in [-0.2, 0) is 18.9 Å². The van der Waals surface area contributed by atoms with Crippen LogP contribution in [0, 0.1) is 0 Å². The van der Waals surface area contributed by atoms with Crippen LogP contribution in [0.5, 0.6) is 0 Å². The second-order valence-corrected chi connectivity index (χ2v) is 7.46. The Morgan fingerprint density at radius 3 is 1.62 bits per heavy atom. The molecule has 0 spiro atoms. The molecule has 7 nitrogen and oxygen atoms in total. The van der Waals surface area contributed by atoms with Crippen molar-refractivity contribution < 1.29 is 37.7 Å². The van der Waals surface area contributed by atoms with Crippen LogP contribution in [-0.4, -0.2) is 49.2 Å². The van der Waals surface area contributed by atoms with E-state index in [2.05, 4.69) is 0 Å². The Balaban J connectivity index is 1.47. The lowest BCUT2D eigenvalue weighted by Gasteiger charge is -2.19. The minimum absolute atomic E-state index is 0.204. The highest BCUT2D eigenvalue weighted by molar-refractivity contribution is 5.90. The summed E-state index contributed by atoms with van der Waals surface area (Å²) in [5.74, 6) is -2.24. The minimum atomic E-state index is -2.00. The van der Waals surface area contributed by atoms with Crippen molar-refractivity contribution in [3.05, 3.63) is 108 Å². The molecule has 3 aromatic carbocycles. The quantitative estimate of drug-likeness (QED) is 0.386. The highest BCUT2D eigenvalue weighted by atomic mass is 19.1. The van der Waals surface area contributed by atoms with Crippen LogP contribution in [0.15, 0.2) is 91.0 Å². The maximum absolute atomic E-state index is 15.3. The van der Waals surface area contributed by atoms with E-state index in [1.807, 2.05) is 0 Å². The molecule has 34 heavy (non-hydrogen) atoms. The van der Waals surface area contributed by atoms with Crippen LogP contribution >= 0.6 is 0 Å². The Morgan fingerprint density at radius 1 is 0.676 bits per heavy atom. The number of rotatable bonds is 7. The number of halogens is 1.